The first kappa shape index (κ1) is 13.0. The number of rotatable bonds is 4. The van der Waals surface area contributed by atoms with Crippen LogP contribution >= 0.6 is 23.1 Å². The van der Waals surface area contributed by atoms with Crippen molar-refractivity contribution in [3.63, 3.8) is 0 Å². The van der Waals surface area contributed by atoms with E-state index in [4.69, 9.17) is 0 Å². The van der Waals surface area contributed by atoms with Gasteiger partial charge in [-0.1, -0.05) is 23.1 Å². The summed E-state index contributed by atoms with van der Waals surface area (Å²) in [6.45, 7) is 1.86. The fourth-order valence-electron chi connectivity index (χ4n) is 1.19. The Morgan fingerprint density at radius 2 is 2.11 bits per heavy atom. The molecule has 2 aromatic rings. The van der Waals surface area contributed by atoms with E-state index in [1.807, 2.05) is 6.92 Å². The van der Waals surface area contributed by atoms with E-state index in [2.05, 4.69) is 15.5 Å². The highest BCUT2D eigenvalue weighted by Gasteiger charge is 2.06. The highest BCUT2D eigenvalue weighted by Crippen LogP contribution is 2.21. The Labute approximate surface area is 112 Å². The maximum atomic E-state index is 12.7. The monoisotopic (exact) mass is 283 g/mol. The molecule has 0 aliphatic heterocycles. The van der Waals surface area contributed by atoms with Crippen LogP contribution in [0.5, 0.6) is 0 Å². The van der Waals surface area contributed by atoms with Crippen LogP contribution in [0.3, 0.4) is 0 Å². The summed E-state index contributed by atoms with van der Waals surface area (Å²) in [6, 6.07) is 5.65. The van der Waals surface area contributed by atoms with Crippen LogP contribution in [-0.2, 0) is 4.79 Å². The normalized spacial score (nSPS) is 10.3. The van der Waals surface area contributed by atoms with Gasteiger partial charge in [-0.25, -0.2) is 4.39 Å². The van der Waals surface area contributed by atoms with Crippen LogP contribution < -0.4 is 5.32 Å². The van der Waals surface area contributed by atoms with Crippen LogP contribution in [0.15, 0.2) is 28.6 Å². The predicted octanol–water partition coefficient (Wildman–Crippen LogP) is 2.72. The van der Waals surface area contributed by atoms with Gasteiger partial charge in [-0.3, -0.25) is 4.79 Å². The van der Waals surface area contributed by atoms with Crippen molar-refractivity contribution in [1.29, 1.82) is 0 Å². The molecule has 1 aromatic carbocycles. The summed E-state index contributed by atoms with van der Waals surface area (Å²) >= 11 is 2.78. The maximum Gasteiger partial charge on any atom is 0.234 e. The van der Waals surface area contributed by atoms with E-state index in [-0.39, 0.29) is 17.5 Å². The number of anilines is 1. The zero-order chi connectivity index (χ0) is 13.0. The quantitative estimate of drug-likeness (QED) is 0.877. The Bertz CT molecular complexity index is 541. The third-order valence-electron chi connectivity index (χ3n) is 1.96. The zero-order valence-electron chi connectivity index (χ0n) is 9.51. The van der Waals surface area contributed by atoms with E-state index in [0.717, 1.165) is 9.35 Å². The molecule has 1 N–H and O–H groups in total. The number of aromatic nitrogens is 2. The van der Waals surface area contributed by atoms with E-state index in [9.17, 15) is 9.18 Å². The van der Waals surface area contributed by atoms with E-state index in [1.165, 1.54) is 47.4 Å². The van der Waals surface area contributed by atoms with Crippen LogP contribution in [0, 0.1) is 12.7 Å². The molecule has 0 unspecified atom stereocenters. The van der Waals surface area contributed by atoms with Crippen molar-refractivity contribution in [3.8, 4) is 0 Å². The van der Waals surface area contributed by atoms with E-state index < -0.39 is 0 Å². The Morgan fingerprint density at radius 1 is 1.39 bits per heavy atom. The molecule has 94 valence electrons. The first-order chi connectivity index (χ1) is 8.63. The molecule has 0 atom stereocenters. The number of hydrogen-bond donors (Lipinski definition) is 1. The third kappa shape index (κ3) is 3.78. The lowest BCUT2D eigenvalue weighted by Crippen LogP contribution is -2.13. The van der Waals surface area contributed by atoms with Crippen molar-refractivity contribution in [2.24, 2.45) is 0 Å². The minimum atomic E-state index is -0.327. The van der Waals surface area contributed by atoms with Gasteiger partial charge in [-0.2, -0.15) is 0 Å². The Hall–Kier alpha value is -1.47. The molecule has 0 bridgehead atoms. The number of nitrogens with one attached hydrogen (secondary N) is 1. The molecule has 18 heavy (non-hydrogen) atoms. The van der Waals surface area contributed by atoms with E-state index in [0.29, 0.717) is 5.69 Å². The van der Waals surface area contributed by atoms with Crippen molar-refractivity contribution in [2.45, 2.75) is 11.3 Å². The lowest BCUT2D eigenvalue weighted by Gasteiger charge is -2.03. The van der Waals surface area contributed by atoms with Gasteiger partial charge >= 0.3 is 0 Å². The Balaban J connectivity index is 1.83. The van der Waals surface area contributed by atoms with E-state index in [1.54, 1.807) is 0 Å². The summed E-state index contributed by atoms with van der Waals surface area (Å²) in [7, 11) is 0. The van der Waals surface area contributed by atoms with Gasteiger partial charge in [0.25, 0.3) is 0 Å². The summed E-state index contributed by atoms with van der Waals surface area (Å²) in [4.78, 5) is 11.6. The molecule has 1 amide bonds. The average molecular weight is 283 g/mol. The van der Waals surface area contributed by atoms with Crippen LogP contribution in [0.1, 0.15) is 5.01 Å². The van der Waals surface area contributed by atoms with Crippen molar-refractivity contribution >= 4 is 34.7 Å². The number of hydrogen-bond acceptors (Lipinski definition) is 5. The number of carbonyl (C=O) groups is 1. The highest BCUT2D eigenvalue weighted by molar-refractivity contribution is 8.01. The van der Waals surface area contributed by atoms with Crippen molar-refractivity contribution in [3.05, 3.63) is 35.1 Å². The van der Waals surface area contributed by atoms with Crippen LogP contribution in [0.4, 0.5) is 10.1 Å². The molecule has 0 spiro atoms. The first-order valence-electron chi connectivity index (χ1n) is 5.12. The van der Waals surface area contributed by atoms with Gasteiger partial charge in [0.2, 0.25) is 5.91 Å². The molecule has 1 heterocycles. The molecular formula is C11H10FN3OS2. The average Bonchev–Trinajstić information content (AvgIpc) is 2.76. The van der Waals surface area contributed by atoms with Crippen molar-refractivity contribution in [2.75, 3.05) is 11.1 Å². The molecule has 1 aromatic heterocycles. The second-order valence-electron chi connectivity index (χ2n) is 3.43. The number of halogens is 1. The van der Waals surface area contributed by atoms with Gasteiger partial charge in [-0.05, 0) is 31.2 Å². The summed E-state index contributed by atoms with van der Waals surface area (Å²) in [5.74, 6) is -0.224. The second kappa shape index (κ2) is 5.92. The van der Waals surface area contributed by atoms with Crippen LogP contribution in [0.2, 0.25) is 0 Å². The fraction of sp³-hybridized carbons (Fsp3) is 0.182. The molecule has 0 aliphatic rings. The van der Waals surface area contributed by atoms with Gasteiger partial charge in [-0.15, -0.1) is 10.2 Å². The molecule has 0 saturated carbocycles. The number of amides is 1. The number of aryl methyl sites for hydroxylation is 1. The largest absolute Gasteiger partial charge is 0.325 e. The van der Waals surface area contributed by atoms with Gasteiger partial charge in [0.05, 0.1) is 5.75 Å². The molecular weight excluding hydrogens is 273 g/mol. The van der Waals surface area contributed by atoms with Gasteiger partial charge in [0, 0.05) is 5.69 Å². The predicted molar refractivity (Wildman–Crippen MR) is 70.4 cm³/mol. The Morgan fingerprint density at radius 3 is 2.72 bits per heavy atom. The lowest BCUT2D eigenvalue weighted by molar-refractivity contribution is -0.113. The lowest BCUT2D eigenvalue weighted by atomic mass is 10.3. The molecule has 0 saturated heterocycles. The second-order valence-corrected chi connectivity index (χ2v) is 5.83. The summed E-state index contributed by atoms with van der Waals surface area (Å²) in [6.07, 6.45) is 0. The van der Waals surface area contributed by atoms with Gasteiger partial charge in [0.15, 0.2) is 4.34 Å². The number of thioether (sulfide) groups is 1. The molecule has 0 aliphatic carbocycles. The van der Waals surface area contributed by atoms with Crippen LogP contribution in [-0.4, -0.2) is 21.9 Å². The van der Waals surface area contributed by atoms with E-state index >= 15 is 0 Å². The third-order valence-corrected chi connectivity index (χ3v) is 3.93. The maximum absolute atomic E-state index is 12.7. The highest BCUT2D eigenvalue weighted by atomic mass is 32.2. The minimum Gasteiger partial charge on any atom is -0.325 e. The molecule has 4 nitrogen and oxygen atoms in total. The van der Waals surface area contributed by atoms with Crippen molar-refractivity contribution in [1.82, 2.24) is 10.2 Å². The standard InChI is InChI=1S/C11H10FN3OS2/c1-7-14-15-11(18-7)17-6-10(16)13-9-4-2-8(12)3-5-9/h2-5H,6H2,1H3,(H,13,16). The summed E-state index contributed by atoms with van der Waals surface area (Å²) in [5, 5.41) is 11.3. The number of nitrogens with zero attached hydrogens (tertiary/aromatic N) is 2. The topological polar surface area (TPSA) is 54.9 Å². The molecule has 7 heteroatoms. The van der Waals surface area contributed by atoms with Gasteiger partial charge in [0.1, 0.15) is 10.8 Å². The molecule has 2 rings (SSSR count). The molecule has 0 fully saturated rings. The summed E-state index contributed by atoms with van der Waals surface area (Å²) < 4.78 is 13.4. The SMILES string of the molecule is Cc1nnc(SCC(=O)Nc2ccc(F)cc2)s1. The smallest absolute Gasteiger partial charge is 0.234 e. The zero-order valence-corrected chi connectivity index (χ0v) is 11.1. The van der Waals surface area contributed by atoms with Gasteiger partial charge < -0.3 is 5.32 Å². The number of benzene rings is 1. The van der Waals surface area contributed by atoms with Crippen molar-refractivity contribution < 1.29 is 9.18 Å². The summed E-state index contributed by atoms with van der Waals surface area (Å²) in [5.41, 5.74) is 0.579. The Kier molecular flexibility index (Phi) is 4.27. The fourth-order valence-corrected chi connectivity index (χ4v) is 2.81. The first-order valence-corrected chi connectivity index (χ1v) is 6.92. The van der Waals surface area contributed by atoms with Crippen LogP contribution in [0.25, 0.3) is 0 Å². The molecule has 0 radical (unpaired) electrons. The number of carbonyl (C=O) groups excluding carboxylic acids is 1. The minimum absolute atomic E-state index is 0.153.